The Hall–Kier alpha value is -3.02. The van der Waals surface area contributed by atoms with Crippen molar-refractivity contribution in [3.63, 3.8) is 0 Å². The van der Waals surface area contributed by atoms with Crippen LogP contribution in [0.25, 0.3) is 16.8 Å². The lowest BCUT2D eigenvalue weighted by molar-refractivity contribution is -0.274. The van der Waals surface area contributed by atoms with Crippen LogP contribution in [0.2, 0.25) is 0 Å². The van der Waals surface area contributed by atoms with E-state index in [4.69, 9.17) is 0 Å². The first-order valence-corrected chi connectivity index (χ1v) is 7.48. The first kappa shape index (κ1) is 16.8. The van der Waals surface area contributed by atoms with Crippen LogP contribution in [0, 0.1) is 6.92 Å². The maximum Gasteiger partial charge on any atom is 0.573 e. The molecule has 25 heavy (non-hydrogen) atoms. The molecule has 0 aliphatic rings. The predicted molar refractivity (Wildman–Crippen MR) is 88.9 cm³/mol. The number of halogens is 3. The number of hydrogen-bond acceptors (Lipinski definition) is 2. The van der Waals surface area contributed by atoms with E-state index in [0.717, 1.165) is 16.7 Å². The van der Waals surface area contributed by atoms with E-state index in [1.807, 2.05) is 37.3 Å². The molecule has 0 N–H and O–H groups in total. The van der Waals surface area contributed by atoms with E-state index in [1.165, 1.54) is 28.8 Å². The van der Waals surface area contributed by atoms with Crippen molar-refractivity contribution in [3.05, 3.63) is 82.8 Å². The van der Waals surface area contributed by atoms with E-state index in [-0.39, 0.29) is 11.3 Å². The topological polar surface area (TPSA) is 31.2 Å². The maximum atomic E-state index is 12.4. The molecule has 0 saturated heterocycles. The summed E-state index contributed by atoms with van der Waals surface area (Å²) in [6.45, 7) is 1.82. The highest BCUT2D eigenvalue weighted by Crippen LogP contribution is 2.26. The highest BCUT2D eigenvalue weighted by Gasteiger charge is 2.31. The van der Waals surface area contributed by atoms with Gasteiger partial charge in [-0.15, -0.1) is 13.2 Å². The van der Waals surface area contributed by atoms with Crippen molar-refractivity contribution < 1.29 is 17.9 Å². The second-order valence-corrected chi connectivity index (χ2v) is 5.49. The molecular formula is C19H14F3NO2. The second-order valence-electron chi connectivity index (χ2n) is 5.49. The minimum absolute atomic E-state index is 0.295. The van der Waals surface area contributed by atoms with Crippen molar-refractivity contribution in [2.24, 2.45) is 0 Å². The van der Waals surface area contributed by atoms with Crippen LogP contribution in [0.1, 0.15) is 5.56 Å². The molecular weight excluding hydrogens is 331 g/mol. The van der Waals surface area contributed by atoms with Crippen LogP contribution in [0.3, 0.4) is 0 Å². The van der Waals surface area contributed by atoms with Gasteiger partial charge in [0.05, 0.1) is 5.69 Å². The van der Waals surface area contributed by atoms with E-state index in [2.05, 4.69) is 4.74 Å². The van der Waals surface area contributed by atoms with Crippen molar-refractivity contribution in [2.75, 3.05) is 0 Å². The molecule has 3 aromatic rings. The van der Waals surface area contributed by atoms with Gasteiger partial charge in [0.2, 0.25) is 0 Å². The van der Waals surface area contributed by atoms with Gasteiger partial charge in [0, 0.05) is 23.9 Å². The van der Waals surface area contributed by atoms with E-state index in [0.29, 0.717) is 5.69 Å². The number of nitrogens with zero attached hydrogens (tertiary/aromatic N) is 1. The van der Waals surface area contributed by atoms with Gasteiger partial charge in [0.15, 0.2) is 0 Å². The summed E-state index contributed by atoms with van der Waals surface area (Å²) in [6, 6.07) is 16.2. The molecule has 3 nitrogen and oxygen atoms in total. The molecule has 0 spiro atoms. The van der Waals surface area contributed by atoms with Gasteiger partial charge >= 0.3 is 6.36 Å². The molecule has 6 heteroatoms. The quantitative estimate of drug-likeness (QED) is 0.688. The van der Waals surface area contributed by atoms with Gasteiger partial charge in [-0.05, 0) is 30.2 Å². The number of benzene rings is 2. The summed E-state index contributed by atoms with van der Waals surface area (Å²) in [5.74, 6) is -0.376. The highest BCUT2D eigenvalue weighted by molar-refractivity contribution is 5.66. The number of aromatic nitrogens is 1. The zero-order valence-electron chi connectivity index (χ0n) is 13.2. The Kier molecular flexibility index (Phi) is 4.35. The minimum atomic E-state index is -4.79. The van der Waals surface area contributed by atoms with Crippen molar-refractivity contribution >= 4 is 0 Å². The number of rotatable bonds is 3. The Labute approximate surface area is 141 Å². The predicted octanol–water partition coefficient (Wildman–Crippen LogP) is 4.71. The number of aryl methyl sites for hydroxylation is 1. The summed E-state index contributed by atoms with van der Waals surface area (Å²) in [7, 11) is 0. The average Bonchev–Trinajstić information content (AvgIpc) is 2.54. The normalized spacial score (nSPS) is 11.4. The van der Waals surface area contributed by atoms with Crippen molar-refractivity contribution in [2.45, 2.75) is 13.3 Å². The molecule has 0 saturated carbocycles. The molecule has 128 valence electrons. The third-order valence-electron chi connectivity index (χ3n) is 3.67. The fourth-order valence-corrected chi connectivity index (χ4v) is 2.58. The standard InChI is InChI=1S/C19H14F3NO2/c1-13-10-18(24)23(12-17(13)14-6-3-2-4-7-14)15-8-5-9-16(11-15)25-19(20,21)22/h2-12H,1H3. The molecule has 0 aliphatic heterocycles. The van der Waals surface area contributed by atoms with Crippen LogP contribution in [-0.4, -0.2) is 10.9 Å². The lowest BCUT2D eigenvalue weighted by Crippen LogP contribution is -2.19. The number of pyridine rings is 1. The molecule has 1 heterocycles. The second kappa shape index (κ2) is 6.47. The number of ether oxygens (including phenoxy) is 1. The molecule has 2 aromatic carbocycles. The van der Waals surface area contributed by atoms with Gasteiger partial charge < -0.3 is 4.74 Å². The molecule has 0 amide bonds. The number of alkyl halides is 3. The van der Waals surface area contributed by atoms with E-state index in [9.17, 15) is 18.0 Å². The zero-order chi connectivity index (χ0) is 18.0. The van der Waals surface area contributed by atoms with Crippen LogP contribution in [-0.2, 0) is 0 Å². The van der Waals surface area contributed by atoms with Crippen LogP contribution >= 0.6 is 0 Å². The fraction of sp³-hybridized carbons (Fsp3) is 0.105. The SMILES string of the molecule is Cc1cc(=O)n(-c2cccc(OC(F)(F)F)c2)cc1-c1ccccc1. The van der Waals surface area contributed by atoms with Crippen LogP contribution < -0.4 is 10.3 Å². The molecule has 0 radical (unpaired) electrons. The molecule has 0 aliphatic carbocycles. The van der Waals surface area contributed by atoms with Gasteiger partial charge in [-0.25, -0.2) is 0 Å². The van der Waals surface area contributed by atoms with Crippen molar-refractivity contribution in [1.82, 2.24) is 4.57 Å². The van der Waals surface area contributed by atoms with E-state index >= 15 is 0 Å². The third kappa shape index (κ3) is 3.91. The molecule has 0 unspecified atom stereocenters. The summed E-state index contributed by atoms with van der Waals surface area (Å²) < 4.78 is 42.4. The van der Waals surface area contributed by atoms with Gasteiger partial charge in [-0.1, -0.05) is 36.4 Å². The van der Waals surface area contributed by atoms with Crippen LogP contribution in [0.4, 0.5) is 13.2 Å². The monoisotopic (exact) mass is 345 g/mol. The summed E-state index contributed by atoms with van der Waals surface area (Å²) in [5.41, 5.74) is 2.49. The van der Waals surface area contributed by atoms with Crippen molar-refractivity contribution in [3.8, 4) is 22.6 Å². The largest absolute Gasteiger partial charge is 0.573 e. The lowest BCUT2D eigenvalue weighted by atomic mass is 10.0. The lowest BCUT2D eigenvalue weighted by Gasteiger charge is -2.13. The summed E-state index contributed by atoms with van der Waals surface area (Å²) in [4.78, 5) is 12.3. The Morgan fingerprint density at radius 2 is 1.68 bits per heavy atom. The molecule has 1 aromatic heterocycles. The number of hydrogen-bond donors (Lipinski definition) is 0. The summed E-state index contributed by atoms with van der Waals surface area (Å²) in [6.07, 6.45) is -3.16. The maximum absolute atomic E-state index is 12.4. The fourth-order valence-electron chi connectivity index (χ4n) is 2.58. The molecule has 0 bridgehead atoms. The Bertz CT molecular complexity index is 947. The first-order valence-electron chi connectivity index (χ1n) is 7.48. The van der Waals surface area contributed by atoms with E-state index < -0.39 is 6.36 Å². The van der Waals surface area contributed by atoms with Crippen LogP contribution in [0.5, 0.6) is 5.75 Å². The third-order valence-corrected chi connectivity index (χ3v) is 3.67. The van der Waals surface area contributed by atoms with Crippen LogP contribution in [0.15, 0.2) is 71.7 Å². The first-order chi connectivity index (χ1) is 11.8. The Balaban J connectivity index is 2.09. The summed E-state index contributed by atoms with van der Waals surface area (Å²) >= 11 is 0. The zero-order valence-corrected chi connectivity index (χ0v) is 13.2. The Morgan fingerprint density at radius 1 is 0.960 bits per heavy atom. The van der Waals surface area contributed by atoms with Gasteiger partial charge in [0.25, 0.3) is 5.56 Å². The minimum Gasteiger partial charge on any atom is -0.406 e. The van der Waals surface area contributed by atoms with Gasteiger partial charge in [0.1, 0.15) is 5.75 Å². The van der Waals surface area contributed by atoms with Crippen molar-refractivity contribution in [1.29, 1.82) is 0 Å². The van der Waals surface area contributed by atoms with Gasteiger partial charge in [-0.3, -0.25) is 9.36 Å². The van der Waals surface area contributed by atoms with Gasteiger partial charge in [-0.2, -0.15) is 0 Å². The average molecular weight is 345 g/mol. The Morgan fingerprint density at radius 3 is 2.36 bits per heavy atom. The smallest absolute Gasteiger partial charge is 0.406 e. The molecule has 0 atom stereocenters. The molecule has 0 fully saturated rings. The molecule has 3 rings (SSSR count). The van der Waals surface area contributed by atoms with E-state index in [1.54, 1.807) is 12.3 Å². The highest BCUT2D eigenvalue weighted by atomic mass is 19.4. The summed E-state index contributed by atoms with van der Waals surface area (Å²) in [5, 5.41) is 0.